The topological polar surface area (TPSA) is 35.5 Å². The zero-order valence-electron chi connectivity index (χ0n) is 7.40. The summed E-state index contributed by atoms with van der Waals surface area (Å²) in [5.41, 5.74) is 0. The quantitative estimate of drug-likeness (QED) is 0.533. The Balaban J connectivity index is 4.18. The molecule has 3 nitrogen and oxygen atoms in total. The van der Waals surface area contributed by atoms with Gasteiger partial charge in [-0.2, -0.15) is 0 Å². The van der Waals surface area contributed by atoms with Gasteiger partial charge in [-0.3, -0.25) is 0 Å². The molecule has 0 rings (SSSR count). The lowest BCUT2D eigenvalue weighted by molar-refractivity contribution is 0.237. The lowest BCUT2D eigenvalue weighted by atomic mass is 10.9. The average molecular weight is 228 g/mol. The van der Waals surface area contributed by atoms with Crippen LogP contribution in [0.5, 0.6) is 0 Å². The Morgan fingerprint density at radius 2 is 1.83 bits per heavy atom. The van der Waals surface area contributed by atoms with E-state index in [2.05, 4.69) is 0 Å². The molecule has 0 atom stereocenters. The second-order valence-electron chi connectivity index (χ2n) is 1.87. The van der Waals surface area contributed by atoms with Crippen LogP contribution in [0.25, 0.3) is 0 Å². The third-order valence-electron chi connectivity index (χ3n) is 0.815. The van der Waals surface area contributed by atoms with Crippen molar-refractivity contribution in [3.8, 4) is 0 Å². The second-order valence-corrected chi connectivity index (χ2v) is 6.83. The SMILES string of the molecule is CCOP(=O)(OCC)SC(C)=S. The molecular formula is C6H13O3PS2. The molecule has 0 amide bonds. The fraction of sp³-hybridized carbons (Fsp3) is 0.833. The highest BCUT2D eigenvalue weighted by atomic mass is 32.7. The van der Waals surface area contributed by atoms with Gasteiger partial charge in [0.15, 0.2) is 0 Å². The molecular weight excluding hydrogens is 215 g/mol. The van der Waals surface area contributed by atoms with E-state index >= 15 is 0 Å². The van der Waals surface area contributed by atoms with E-state index in [0.717, 1.165) is 11.4 Å². The first-order valence-corrected chi connectivity index (χ1v) is 7.00. The maximum absolute atomic E-state index is 11.7. The summed E-state index contributed by atoms with van der Waals surface area (Å²) in [5, 5.41) is 0. The van der Waals surface area contributed by atoms with Gasteiger partial charge in [0.1, 0.15) is 0 Å². The van der Waals surface area contributed by atoms with Crippen LogP contribution < -0.4 is 0 Å². The summed E-state index contributed by atoms with van der Waals surface area (Å²) in [6.45, 7) is 2.97. The minimum absolute atomic E-state index is 0.368. The van der Waals surface area contributed by atoms with E-state index < -0.39 is 6.80 Å². The molecule has 72 valence electrons. The summed E-state index contributed by atoms with van der Waals surface area (Å²) in [6.07, 6.45) is 0. The molecule has 0 aromatic rings. The highest BCUT2D eigenvalue weighted by Crippen LogP contribution is 2.60. The Bertz CT molecular complexity index is 185. The van der Waals surface area contributed by atoms with E-state index in [0.29, 0.717) is 17.4 Å². The first kappa shape index (κ1) is 12.6. The Labute approximate surface area is 82.5 Å². The fourth-order valence-electron chi connectivity index (χ4n) is 0.564. The monoisotopic (exact) mass is 228 g/mol. The molecule has 0 N–H and O–H groups in total. The van der Waals surface area contributed by atoms with Gasteiger partial charge in [0.05, 0.1) is 17.4 Å². The Hall–Kier alpha value is 0.590. The van der Waals surface area contributed by atoms with Crippen LogP contribution >= 0.6 is 30.4 Å². The van der Waals surface area contributed by atoms with Crippen molar-refractivity contribution in [3.05, 3.63) is 0 Å². The first-order valence-electron chi connectivity index (χ1n) is 3.63. The molecule has 0 radical (unpaired) electrons. The summed E-state index contributed by atoms with van der Waals surface area (Å²) >= 11 is 5.80. The van der Waals surface area contributed by atoms with E-state index in [-0.39, 0.29) is 0 Å². The van der Waals surface area contributed by atoms with Crippen LogP contribution in [0.1, 0.15) is 20.8 Å². The van der Waals surface area contributed by atoms with Gasteiger partial charge in [-0.05, 0) is 20.8 Å². The molecule has 0 aliphatic heterocycles. The van der Waals surface area contributed by atoms with Gasteiger partial charge in [0.25, 0.3) is 0 Å². The molecule has 0 heterocycles. The van der Waals surface area contributed by atoms with Crippen LogP contribution in [0.2, 0.25) is 0 Å². The van der Waals surface area contributed by atoms with Gasteiger partial charge in [-0.1, -0.05) is 12.2 Å². The van der Waals surface area contributed by atoms with Gasteiger partial charge in [0.2, 0.25) is 0 Å². The highest BCUT2D eigenvalue weighted by Gasteiger charge is 2.25. The van der Waals surface area contributed by atoms with E-state index in [9.17, 15) is 4.57 Å². The largest absolute Gasteiger partial charge is 0.394 e. The Morgan fingerprint density at radius 1 is 1.42 bits per heavy atom. The van der Waals surface area contributed by atoms with Gasteiger partial charge in [-0.25, -0.2) is 4.57 Å². The van der Waals surface area contributed by atoms with Crippen LogP contribution in [0, 0.1) is 0 Å². The first-order chi connectivity index (χ1) is 5.54. The second kappa shape index (κ2) is 6.11. The molecule has 0 aliphatic carbocycles. The summed E-state index contributed by atoms with van der Waals surface area (Å²) < 4.78 is 22.2. The summed E-state index contributed by atoms with van der Waals surface area (Å²) in [4.78, 5) is 0. The molecule has 6 heteroatoms. The predicted octanol–water partition coefficient (Wildman–Crippen LogP) is 3.25. The zero-order chi connectivity index (χ0) is 9.61. The highest BCUT2D eigenvalue weighted by molar-refractivity contribution is 8.65. The minimum Gasteiger partial charge on any atom is -0.301 e. The number of hydrogen-bond acceptors (Lipinski definition) is 5. The maximum Gasteiger partial charge on any atom is 0.394 e. The van der Waals surface area contributed by atoms with Gasteiger partial charge in [0, 0.05) is 11.4 Å². The van der Waals surface area contributed by atoms with E-state index in [4.69, 9.17) is 21.3 Å². The standard InChI is InChI=1S/C6H13O3PS2/c1-4-8-10(7,9-5-2)12-6(3)11/h4-5H2,1-3H3. The van der Waals surface area contributed by atoms with Crippen molar-refractivity contribution >= 4 is 34.6 Å². The van der Waals surface area contributed by atoms with Crippen molar-refractivity contribution in [2.75, 3.05) is 13.2 Å². The summed E-state index contributed by atoms with van der Waals surface area (Å²) in [7, 11) is 0. The van der Waals surface area contributed by atoms with Crippen molar-refractivity contribution in [3.63, 3.8) is 0 Å². The molecule has 12 heavy (non-hydrogen) atoms. The fourth-order valence-corrected chi connectivity index (χ4v) is 4.41. The number of rotatable bonds is 5. The van der Waals surface area contributed by atoms with Crippen molar-refractivity contribution in [2.24, 2.45) is 0 Å². The van der Waals surface area contributed by atoms with Crippen LogP contribution in [-0.2, 0) is 13.6 Å². The molecule has 0 saturated carbocycles. The average Bonchev–Trinajstić information content (AvgIpc) is 1.85. The van der Waals surface area contributed by atoms with Crippen molar-refractivity contribution in [1.82, 2.24) is 0 Å². The molecule has 0 bridgehead atoms. The summed E-state index contributed by atoms with van der Waals surface area (Å²) in [5.74, 6) is 0. The molecule has 0 aromatic heterocycles. The maximum atomic E-state index is 11.7. The van der Waals surface area contributed by atoms with Crippen molar-refractivity contribution in [1.29, 1.82) is 0 Å². The van der Waals surface area contributed by atoms with Gasteiger partial charge in [-0.15, -0.1) is 0 Å². The van der Waals surface area contributed by atoms with Crippen LogP contribution in [0.3, 0.4) is 0 Å². The molecule has 0 aromatic carbocycles. The van der Waals surface area contributed by atoms with Crippen LogP contribution in [0.15, 0.2) is 0 Å². The summed E-state index contributed by atoms with van der Waals surface area (Å²) in [6, 6.07) is 0. The third kappa shape index (κ3) is 5.27. The third-order valence-corrected chi connectivity index (χ3v) is 5.19. The molecule has 0 saturated heterocycles. The van der Waals surface area contributed by atoms with E-state index in [1.54, 1.807) is 20.8 Å². The lowest BCUT2D eigenvalue weighted by Crippen LogP contribution is -1.93. The number of thiocarbonyl (C=S) groups is 1. The molecule has 0 fully saturated rings. The van der Waals surface area contributed by atoms with Crippen LogP contribution in [-0.4, -0.2) is 17.4 Å². The van der Waals surface area contributed by atoms with Crippen molar-refractivity contribution in [2.45, 2.75) is 20.8 Å². The van der Waals surface area contributed by atoms with Gasteiger partial charge < -0.3 is 9.05 Å². The molecule has 0 spiro atoms. The lowest BCUT2D eigenvalue weighted by Gasteiger charge is -2.14. The Morgan fingerprint density at radius 3 is 2.08 bits per heavy atom. The van der Waals surface area contributed by atoms with E-state index in [1.807, 2.05) is 0 Å². The molecule has 0 unspecified atom stereocenters. The Kier molecular flexibility index (Phi) is 6.41. The van der Waals surface area contributed by atoms with Crippen LogP contribution in [0.4, 0.5) is 0 Å². The zero-order valence-corrected chi connectivity index (χ0v) is 9.93. The normalized spacial score (nSPS) is 11.6. The number of hydrogen-bond donors (Lipinski definition) is 0. The van der Waals surface area contributed by atoms with Crippen molar-refractivity contribution < 1.29 is 13.6 Å². The minimum atomic E-state index is -3.00. The van der Waals surface area contributed by atoms with Gasteiger partial charge >= 0.3 is 6.80 Å². The predicted molar refractivity (Wildman–Crippen MR) is 56.7 cm³/mol. The molecule has 0 aliphatic rings. The van der Waals surface area contributed by atoms with E-state index in [1.165, 1.54) is 0 Å². The smallest absolute Gasteiger partial charge is 0.301 e.